The van der Waals surface area contributed by atoms with Crippen LogP contribution in [-0.2, 0) is 6.54 Å². The number of carbonyl (C=O) groups excluding carboxylic acids is 1. The van der Waals surface area contributed by atoms with Gasteiger partial charge in [0.2, 0.25) is 5.89 Å². The highest BCUT2D eigenvalue weighted by molar-refractivity contribution is 5.96. The van der Waals surface area contributed by atoms with Crippen LogP contribution in [0, 0.1) is 0 Å². The summed E-state index contributed by atoms with van der Waals surface area (Å²) >= 11 is 0. The van der Waals surface area contributed by atoms with Gasteiger partial charge in [-0.1, -0.05) is 0 Å². The minimum atomic E-state index is -1.20. The molecule has 0 saturated heterocycles. The predicted molar refractivity (Wildman–Crippen MR) is 71.0 cm³/mol. The number of amides is 1. The molecule has 0 spiro atoms. The lowest BCUT2D eigenvalue weighted by Gasteiger charge is -2.03. The van der Waals surface area contributed by atoms with E-state index in [-0.39, 0.29) is 23.7 Å². The highest BCUT2D eigenvalue weighted by Crippen LogP contribution is 2.06. The largest absolute Gasteiger partial charge is 0.477 e. The number of carbonyl (C=O) groups is 2. The third-order valence-electron chi connectivity index (χ3n) is 2.50. The first kappa shape index (κ1) is 14.4. The Hall–Kier alpha value is -2.97. The molecule has 0 bridgehead atoms. The Balaban J connectivity index is 2.01. The monoisotopic (exact) mass is 291 g/mol. The van der Waals surface area contributed by atoms with E-state index >= 15 is 0 Å². The van der Waals surface area contributed by atoms with Gasteiger partial charge < -0.3 is 19.8 Å². The molecule has 0 aliphatic rings. The summed E-state index contributed by atoms with van der Waals surface area (Å²) < 4.78 is 4.95. The molecule has 9 nitrogen and oxygen atoms in total. The molecule has 0 fully saturated rings. The van der Waals surface area contributed by atoms with Crippen molar-refractivity contribution in [1.29, 1.82) is 0 Å². The molecule has 0 aromatic carbocycles. The average molecular weight is 291 g/mol. The summed E-state index contributed by atoms with van der Waals surface area (Å²) in [5.41, 5.74) is -0.00918. The van der Waals surface area contributed by atoms with Gasteiger partial charge in [-0.15, -0.1) is 0 Å². The molecular weight excluding hydrogens is 278 g/mol. The maximum atomic E-state index is 11.9. The Morgan fingerprint density at radius 1 is 1.43 bits per heavy atom. The van der Waals surface area contributed by atoms with Crippen molar-refractivity contribution >= 4 is 17.8 Å². The Kier molecular flexibility index (Phi) is 4.12. The highest BCUT2D eigenvalue weighted by atomic mass is 16.5. The topological polar surface area (TPSA) is 121 Å². The number of nitrogens with one attached hydrogen (secondary N) is 1. The molecule has 9 heteroatoms. The first-order valence-corrected chi connectivity index (χ1v) is 5.95. The highest BCUT2D eigenvalue weighted by Gasteiger charge is 2.12. The summed E-state index contributed by atoms with van der Waals surface area (Å²) in [5.74, 6) is -1.00. The van der Waals surface area contributed by atoms with Crippen LogP contribution in [-0.4, -0.2) is 46.2 Å². The van der Waals surface area contributed by atoms with E-state index < -0.39 is 11.9 Å². The molecule has 2 aromatic heterocycles. The number of anilines is 1. The molecule has 2 aromatic rings. The minimum Gasteiger partial charge on any atom is -0.477 e. The molecule has 0 aliphatic carbocycles. The molecule has 0 saturated carbocycles. The van der Waals surface area contributed by atoms with E-state index in [1.165, 1.54) is 18.3 Å². The predicted octanol–water partition coefficient (Wildman–Crippen LogP) is 0.159. The Morgan fingerprint density at radius 2 is 2.19 bits per heavy atom. The molecule has 0 atom stereocenters. The van der Waals surface area contributed by atoms with E-state index in [1.54, 1.807) is 19.0 Å². The third-order valence-corrected chi connectivity index (χ3v) is 2.50. The van der Waals surface area contributed by atoms with Crippen LogP contribution in [0.4, 0.5) is 5.95 Å². The average Bonchev–Trinajstić information content (AvgIpc) is 2.94. The van der Waals surface area contributed by atoms with Crippen LogP contribution in [0.3, 0.4) is 0 Å². The van der Waals surface area contributed by atoms with Gasteiger partial charge in [-0.25, -0.2) is 9.78 Å². The number of carboxylic acids is 1. The first-order valence-electron chi connectivity index (χ1n) is 5.95. The summed E-state index contributed by atoms with van der Waals surface area (Å²) in [6, 6.07) is 2.61. The van der Waals surface area contributed by atoms with Crippen molar-refractivity contribution in [2.75, 3.05) is 19.0 Å². The van der Waals surface area contributed by atoms with Gasteiger partial charge >= 0.3 is 5.97 Å². The molecule has 0 aliphatic heterocycles. The Labute approximate surface area is 119 Å². The second-order valence-electron chi connectivity index (χ2n) is 4.30. The first-order chi connectivity index (χ1) is 9.97. The van der Waals surface area contributed by atoms with E-state index in [2.05, 4.69) is 20.4 Å². The fourth-order valence-electron chi connectivity index (χ4n) is 1.45. The molecule has 21 heavy (non-hydrogen) atoms. The lowest BCUT2D eigenvalue weighted by Crippen LogP contribution is -2.23. The summed E-state index contributed by atoms with van der Waals surface area (Å²) in [5, 5.41) is 15.1. The third kappa shape index (κ3) is 3.53. The van der Waals surface area contributed by atoms with Gasteiger partial charge in [0, 0.05) is 25.9 Å². The normalized spacial score (nSPS) is 10.2. The van der Waals surface area contributed by atoms with Crippen molar-refractivity contribution in [3.8, 4) is 0 Å². The van der Waals surface area contributed by atoms with Crippen LogP contribution in [0.5, 0.6) is 0 Å². The summed E-state index contributed by atoms with van der Waals surface area (Å²) in [4.78, 5) is 32.0. The maximum absolute atomic E-state index is 11.9. The Morgan fingerprint density at radius 3 is 2.81 bits per heavy atom. The van der Waals surface area contributed by atoms with Crippen LogP contribution in [0.1, 0.15) is 26.7 Å². The lowest BCUT2D eigenvalue weighted by atomic mass is 10.2. The smallest absolute Gasteiger partial charge is 0.354 e. The molecule has 0 radical (unpaired) electrons. The number of hydrogen-bond acceptors (Lipinski definition) is 7. The van der Waals surface area contributed by atoms with E-state index in [1.807, 2.05) is 0 Å². The Bertz CT molecular complexity index is 667. The molecule has 110 valence electrons. The van der Waals surface area contributed by atoms with Crippen LogP contribution < -0.4 is 10.2 Å². The number of hydrogen-bond donors (Lipinski definition) is 2. The second-order valence-corrected chi connectivity index (χ2v) is 4.30. The van der Waals surface area contributed by atoms with Gasteiger partial charge in [0.15, 0.2) is 0 Å². The van der Waals surface area contributed by atoms with Crippen molar-refractivity contribution in [2.24, 2.45) is 0 Å². The zero-order valence-corrected chi connectivity index (χ0v) is 11.4. The van der Waals surface area contributed by atoms with Crippen LogP contribution in [0.2, 0.25) is 0 Å². The fraction of sp³-hybridized carbons (Fsp3) is 0.250. The maximum Gasteiger partial charge on any atom is 0.354 e. The van der Waals surface area contributed by atoms with Gasteiger partial charge in [0.1, 0.15) is 5.69 Å². The lowest BCUT2D eigenvalue weighted by molar-refractivity contribution is 0.0690. The van der Waals surface area contributed by atoms with E-state index in [0.29, 0.717) is 5.95 Å². The van der Waals surface area contributed by atoms with Gasteiger partial charge in [0.05, 0.1) is 6.54 Å². The number of aromatic carboxylic acids is 1. The van der Waals surface area contributed by atoms with E-state index in [4.69, 9.17) is 9.63 Å². The van der Waals surface area contributed by atoms with Crippen LogP contribution in [0.15, 0.2) is 22.9 Å². The second kappa shape index (κ2) is 5.99. The number of rotatable bonds is 5. The molecule has 2 heterocycles. The van der Waals surface area contributed by atoms with Crippen molar-refractivity contribution in [2.45, 2.75) is 6.54 Å². The van der Waals surface area contributed by atoms with Gasteiger partial charge in [-0.05, 0) is 17.3 Å². The van der Waals surface area contributed by atoms with Crippen LogP contribution in [0.25, 0.3) is 0 Å². The van der Waals surface area contributed by atoms with Gasteiger partial charge in [0.25, 0.3) is 11.9 Å². The zero-order chi connectivity index (χ0) is 15.4. The quantitative estimate of drug-likeness (QED) is 0.798. The molecule has 2 rings (SSSR count). The number of carboxylic acid groups (broad SMARTS) is 1. The van der Waals surface area contributed by atoms with E-state index in [9.17, 15) is 9.59 Å². The molecule has 0 unspecified atom stereocenters. The number of pyridine rings is 1. The van der Waals surface area contributed by atoms with Crippen molar-refractivity contribution in [3.05, 3.63) is 35.5 Å². The standard InChI is InChI=1S/C12H13N5O4/c1-17(2)12-15-9(21-16-12)6-14-10(18)7-3-4-13-8(5-7)11(19)20/h3-5H,6H2,1-2H3,(H,14,18)(H,19,20). The SMILES string of the molecule is CN(C)c1noc(CNC(=O)c2ccnc(C(=O)O)c2)n1. The van der Waals surface area contributed by atoms with E-state index in [0.717, 1.165) is 0 Å². The van der Waals surface area contributed by atoms with Gasteiger partial charge in [-0.2, -0.15) is 4.98 Å². The van der Waals surface area contributed by atoms with Gasteiger partial charge in [-0.3, -0.25) is 4.79 Å². The minimum absolute atomic E-state index is 0.0460. The fourth-order valence-corrected chi connectivity index (χ4v) is 1.45. The van der Waals surface area contributed by atoms with Crippen molar-refractivity contribution < 1.29 is 19.2 Å². The molecule has 1 amide bonds. The van der Waals surface area contributed by atoms with Crippen molar-refractivity contribution in [1.82, 2.24) is 20.4 Å². The zero-order valence-electron chi connectivity index (χ0n) is 11.4. The van der Waals surface area contributed by atoms with Crippen molar-refractivity contribution in [3.63, 3.8) is 0 Å². The molecule has 2 N–H and O–H groups in total. The van der Waals surface area contributed by atoms with Crippen LogP contribution >= 0.6 is 0 Å². The summed E-state index contributed by atoms with van der Waals surface area (Å²) in [6.45, 7) is 0.0460. The summed E-state index contributed by atoms with van der Waals surface area (Å²) in [6.07, 6.45) is 1.26. The molecular formula is C12H13N5O4. The summed E-state index contributed by atoms with van der Waals surface area (Å²) in [7, 11) is 3.52. The number of nitrogens with zero attached hydrogens (tertiary/aromatic N) is 4. The number of aromatic nitrogens is 3.